The van der Waals surface area contributed by atoms with Gasteiger partial charge in [-0.05, 0) is 67.1 Å². The van der Waals surface area contributed by atoms with Crippen molar-refractivity contribution < 1.29 is 35.8 Å². The van der Waals surface area contributed by atoms with Crippen molar-refractivity contribution in [3.8, 4) is 11.5 Å². The van der Waals surface area contributed by atoms with E-state index in [0.717, 1.165) is 17.7 Å². The van der Waals surface area contributed by atoms with Crippen LogP contribution in [0.3, 0.4) is 0 Å². The number of unbranched alkanes of at least 4 members (excludes halogenated alkanes) is 1. The van der Waals surface area contributed by atoms with Crippen molar-refractivity contribution in [1.82, 2.24) is 0 Å². The van der Waals surface area contributed by atoms with Crippen LogP contribution in [0.4, 0.5) is 26.3 Å². The van der Waals surface area contributed by atoms with E-state index in [1.807, 2.05) is 12.1 Å². The Balaban J connectivity index is 1.63. The molecule has 0 amide bonds. The van der Waals surface area contributed by atoms with Gasteiger partial charge in [0.25, 0.3) is 0 Å². The summed E-state index contributed by atoms with van der Waals surface area (Å²) in [4.78, 5) is 0. The Labute approximate surface area is 151 Å². The van der Waals surface area contributed by atoms with Gasteiger partial charge in [0.2, 0.25) is 6.79 Å². The van der Waals surface area contributed by atoms with Gasteiger partial charge in [-0.2, -0.15) is 26.3 Å². The predicted molar refractivity (Wildman–Crippen MR) is 85.7 cm³/mol. The van der Waals surface area contributed by atoms with Gasteiger partial charge in [0.05, 0.1) is 11.1 Å². The fraction of sp³-hybridized carbons (Fsp3) is 0.368. The van der Waals surface area contributed by atoms with Gasteiger partial charge in [-0.1, -0.05) is 6.07 Å². The first-order valence-electron chi connectivity index (χ1n) is 8.30. The molecule has 146 valence electrons. The first-order chi connectivity index (χ1) is 12.6. The van der Waals surface area contributed by atoms with Crippen LogP contribution in [0.5, 0.6) is 11.5 Å². The molecule has 0 aliphatic carbocycles. The first kappa shape index (κ1) is 19.4. The summed E-state index contributed by atoms with van der Waals surface area (Å²) in [5.41, 5.74) is -1.55. The van der Waals surface area contributed by atoms with Gasteiger partial charge in [0, 0.05) is 0 Å². The number of hydrogen-bond donors (Lipinski definition) is 0. The number of hydrogen-bond acceptors (Lipinski definition) is 2. The van der Waals surface area contributed by atoms with Gasteiger partial charge < -0.3 is 9.47 Å². The van der Waals surface area contributed by atoms with Gasteiger partial charge in [-0.25, -0.2) is 0 Å². The maximum absolute atomic E-state index is 12.9. The van der Waals surface area contributed by atoms with Crippen LogP contribution in [-0.2, 0) is 25.2 Å². The molecule has 0 bridgehead atoms. The third-order valence-corrected chi connectivity index (χ3v) is 4.27. The number of rotatable bonds is 5. The van der Waals surface area contributed by atoms with Crippen molar-refractivity contribution in [2.24, 2.45) is 0 Å². The van der Waals surface area contributed by atoms with Crippen LogP contribution in [0, 0.1) is 0 Å². The predicted octanol–water partition coefficient (Wildman–Crippen LogP) is 6.02. The van der Waals surface area contributed by atoms with E-state index in [4.69, 9.17) is 9.47 Å². The highest BCUT2D eigenvalue weighted by molar-refractivity contribution is 5.44. The molecule has 0 spiro atoms. The minimum atomic E-state index is -4.82. The molecule has 3 rings (SSSR count). The third kappa shape index (κ3) is 4.87. The van der Waals surface area contributed by atoms with Crippen LogP contribution in [0.2, 0.25) is 0 Å². The smallest absolute Gasteiger partial charge is 0.416 e. The molecule has 2 aromatic carbocycles. The SMILES string of the molecule is FC(F)(F)c1cc(CCCCc2ccc3c(c2)OCO3)cc(C(F)(F)F)c1. The Bertz CT molecular complexity index is 779. The van der Waals surface area contributed by atoms with Crippen molar-refractivity contribution in [2.45, 2.75) is 38.0 Å². The van der Waals surface area contributed by atoms with Crippen LogP contribution in [0.1, 0.15) is 35.1 Å². The Hall–Kier alpha value is -2.38. The number of benzene rings is 2. The van der Waals surface area contributed by atoms with E-state index in [1.165, 1.54) is 0 Å². The molecule has 1 aliphatic rings. The zero-order valence-electron chi connectivity index (χ0n) is 14.1. The Morgan fingerprint density at radius 3 is 1.81 bits per heavy atom. The van der Waals surface area contributed by atoms with E-state index < -0.39 is 23.5 Å². The summed E-state index contributed by atoms with van der Waals surface area (Å²) in [7, 11) is 0. The first-order valence-corrected chi connectivity index (χ1v) is 8.30. The van der Waals surface area contributed by atoms with Gasteiger partial charge >= 0.3 is 12.4 Å². The van der Waals surface area contributed by atoms with Gasteiger partial charge in [0.15, 0.2) is 11.5 Å². The van der Waals surface area contributed by atoms with E-state index in [1.54, 1.807) is 6.07 Å². The number of fused-ring (bicyclic) bond motifs is 1. The molecule has 8 heteroatoms. The number of alkyl halides is 6. The molecular weight excluding hydrogens is 374 g/mol. The Morgan fingerprint density at radius 1 is 0.667 bits per heavy atom. The molecule has 0 saturated carbocycles. The molecule has 27 heavy (non-hydrogen) atoms. The largest absolute Gasteiger partial charge is 0.454 e. The van der Waals surface area contributed by atoms with Crippen LogP contribution >= 0.6 is 0 Å². The van der Waals surface area contributed by atoms with E-state index in [0.29, 0.717) is 30.8 Å². The monoisotopic (exact) mass is 390 g/mol. The van der Waals surface area contributed by atoms with E-state index in [2.05, 4.69) is 0 Å². The number of aryl methyl sites for hydroxylation is 2. The second-order valence-electron chi connectivity index (χ2n) is 6.31. The highest BCUT2D eigenvalue weighted by Crippen LogP contribution is 2.37. The Kier molecular flexibility index (Phi) is 5.26. The van der Waals surface area contributed by atoms with E-state index in [9.17, 15) is 26.3 Å². The lowest BCUT2D eigenvalue weighted by Gasteiger charge is -2.14. The van der Waals surface area contributed by atoms with Crippen molar-refractivity contribution in [3.05, 3.63) is 58.7 Å². The molecule has 0 N–H and O–H groups in total. The lowest BCUT2D eigenvalue weighted by Crippen LogP contribution is -2.11. The summed E-state index contributed by atoms with van der Waals surface area (Å²) in [6.45, 7) is 0.163. The van der Waals surface area contributed by atoms with Crippen LogP contribution < -0.4 is 9.47 Å². The van der Waals surface area contributed by atoms with Crippen molar-refractivity contribution in [2.75, 3.05) is 6.79 Å². The molecule has 0 aromatic heterocycles. The van der Waals surface area contributed by atoms with Gasteiger partial charge in [0.1, 0.15) is 0 Å². The lowest BCUT2D eigenvalue weighted by atomic mass is 9.99. The molecule has 0 saturated heterocycles. The van der Waals surface area contributed by atoms with E-state index in [-0.39, 0.29) is 24.8 Å². The highest BCUT2D eigenvalue weighted by Gasteiger charge is 2.36. The van der Waals surface area contributed by atoms with Gasteiger partial charge in [-0.15, -0.1) is 0 Å². The molecule has 1 aliphatic heterocycles. The van der Waals surface area contributed by atoms with Crippen molar-refractivity contribution >= 4 is 0 Å². The van der Waals surface area contributed by atoms with E-state index >= 15 is 0 Å². The summed E-state index contributed by atoms with van der Waals surface area (Å²) in [5.74, 6) is 1.29. The molecular formula is C19H16F6O2. The average molecular weight is 390 g/mol. The maximum atomic E-state index is 12.9. The van der Waals surface area contributed by atoms with Gasteiger partial charge in [-0.3, -0.25) is 0 Å². The minimum Gasteiger partial charge on any atom is -0.454 e. The number of ether oxygens (including phenoxy) is 2. The average Bonchev–Trinajstić information content (AvgIpc) is 3.04. The summed E-state index contributed by atoms with van der Waals surface area (Å²) in [6.07, 6.45) is -7.77. The summed E-state index contributed by atoms with van der Waals surface area (Å²) < 4.78 is 87.7. The Morgan fingerprint density at radius 2 is 1.22 bits per heavy atom. The normalized spacial score (nSPS) is 13.9. The van der Waals surface area contributed by atoms with Crippen LogP contribution in [0.15, 0.2) is 36.4 Å². The molecule has 2 aromatic rings. The maximum Gasteiger partial charge on any atom is 0.416 e. The second kappa shape index (κ2) is 7.32. The fourth-order valence-corrected chi connectivity index (χ4v) is 2.92. The lowest BCUT2D eigenvalue weighted by molar-refractivity contribution is -0.143. The van der Waals surface area contributed by atoms with Crippen LogP contribution in [0.25, 0.3) is 0 Å². The third-order valence-electron chi connectivity index (χ3n) is 4.27. The second-order valence-corrected chi connectivity index (χ2v) is 6.31. The molecule has 0 atom stereocenters. The molecule has 2 nitrogen and oxygen atoms in total. The zero-order chi connectivity index (χ0) is 19.7. The summed E-state index contributed by atoms with van der Waals surface area (Å²) in [6, 6.07) is 7.19. The topological polar surface area (TPSA) is 18.5 Å². The molecule has 0 radical (unpaired) electrons. The van der Waals surface area contributed by atoms with Crippen molar-refractivity contribution in [1.29, 1.82) is 0 Å². The van der Waals surface area contributed by atoms with Crippen LogP contribution in [-0.4, -0.2) is 6.79 Å². The molecule has 1 heterocycles. The fourth-order valence-electron chi connectivity index (χ4n) is 2.92. The molecule has 0 unspecified atom stereocenters. The summed E-state index contributed by atoms with van der Waals surface area (Å²) >= 11 is 0. The quantitative estimate of drug-likeness (QED) is 0.459. The standard InChI is InChI=1S/C19H16F6O2/c20-18(21,22)14-7-13(8-15(10-14)19(23,24)25)4-2-1-3-12-5-6-16-17(9-12)27-11-26-16/h5-10H,1-4,11H2. The summed E-state index contributed by atoms with van der Waals surface area (Å²) in [5, 5.41) is 0. The highest BCUT2D eigenvalue weighted by atomic mass is 19.4. The van der Waals surface area contributed by atoms with Crippen molar-refractivity contribution in [3.63, 3.8) is 0 Å². The molecule has 0 fully saturated rings. The zero-order valence-corrected chi connectivity index (χ0v) is 14.1. The number of halogens is 6. The minimum absolute atomic E-state index is 0.0304.